The molecule has 1 fully saturated rings. The predicted octanol–water partition coefficient (Wildman–Crippen LogP) is 5.71. The molecule has 0 aliphatic heterocycles. The van der Waals surface area contributed by atoms with Crippen LogP contribution in [-0.2, 0) is 0 Å². The highest BCUT2D eigenvalue weighted by Gasteiger charge is 2.36. The van der Waals surface area contributed by atoms with E-state index >= 15 is 0 Å². The van der Waals surface area contributed by atoms with Gasteiger partial charge in [0.05, 0.1) is 0 Å². The van der Waals surface area contributed by atoms with Gasteiger partial charge in [0.2, 0.25) is 0 Å². The first kappa shape index (κ1) is 17.8. The van der Waals surface area contributed by atoms with Crippen LogP contribution in [0.25, 0.3) is 0 Å². The molecule has 20 heavy (non-hydrogen) atoms. The Morgan fingerprint density at radius 3 is 2.70 bits per heavy atom. The summed E-state index contributed by atoms with van der Waals surface area (Å²) in [5, 5.41) is 3.87. The molecule has 2 unspecified atom stereocenters. The van der Waals surface area contributed by atoms with Gasteiger partial charge >= 0.3 is 0 Å². The predicted molar refractivity (Wildman–Crippen MR) is 91.1 cm³/mol. The van der Waals surface area contributed by atoms with Crippen LogP contribution in [0.4, 0.5) is 0 Å². The Hall–Kier alpha value is -0.300. The van der Waals surface area contributed by atoms with Crippen molar-refractivity contribution in [3.05, 3.63) is 12.7 Å². The topological polar surface area (TPSA) is 12.0 Å². The summed E-state index contributed by atoms with van der Waals surface area (Å²) in [4.78, 5) is 0. The second kappa shape index (κ2) is 9.60. The molecular weight excluding hydrogens is 242 g/mol. The van der Waals surface area contributed by atoms with Crippen molar-refractivity contribution < 1.29 is 0 Å². The zero-order valence-corrected chi connectivity index (χ0v) is 14.2. The zero-order valence-electron chi connectivity index (χ0n) is 14.2. The maximum atomic E-state index is 3.87. The quantitative estimate of drug-likeness (QED) is 0.399. The smallest absolute Gasteiger partial charge is 0.0100 e. The van der Waals surface area contributed by atoms with Crippen LogP contribution in [0.5, 0.6) is 0 Å². The molecule has 1 heteroatoms. The largest absolute Gasteiger partial charge is 0.314 e. The van der Waals surface area contributed by atoms with Crippen LogP contribution in [0, 0.1) is 11.3 Å². The lowest BCUT2D eigenvalue weighted by atomic mass is 9.65. The first-order valence-electron chi connectivity index (χ1n) is 8.96. The third-order valence-electron chi connectivity index (χ3n) is 5.16. The standard InChI is InChI=1S/C19H37N/c1-5-7-8-9-10-14-18(20-16-6-2)17-13-11-12-15-19(17,3)4/h5,17-18,20H,1,6-16H2,2-4H3. The first-order chi connectivity index (χ1) is 9.61. The Morgan fingerprint density at radius 2 is 2.05 bits per heavy atom. The van der Waals surface area contributed by atoms with E-state index in [2.05, 4.69) is 38.7 Å². The van der Waals surface area contributed by atoms with Crippen LogP contribution in [0.1, 0.15) is 85.0 Å². The molecule has 0 saturated heterocycles. The molecule has 0 aromatic heterocycles. The van der Waals surface area contributed by atoms with Crippen molar-refractivity contribution in [2.75, 3.05) is 6.54 Å². The number of rotatable bonds is 10. The van der Waals surface area contributed by atoms with E-state index in [9.17, 15) is 0 Å². The maximum absolute atomic E-state index is 3.87. The van der Waals surface area contributed by atoms with Crippen LogP contribution in [0.15, 0.2) is 12.7 Å². The molecule has 0 aromatic rings. The lowest BCUT2D eigenvalue weighted by Crippen LogP contribution is -2.45. The van der Waals surface area contributed by atoms with E-state index in [4.69, 9.17) is 0 Å². The fourth-order valence-electron chi connectivity index (χ4n) is 3.87. The average Bonchev–Trinajstić information content (AvgIpc) is 2.42. The van der Waals surface area contributed by atoms with Gasteiger partial charge in [-0.15, -0.1) is 6.58 Å². The van der Waals surface area contributed by atoms with Gasteiger partial charge in [-0.05, 0) is 56.4 Å². The molecule has 1 saturated carbocycles. The molecule has 0 bridgehead atoms. The Morgan fingerprint density at radius 1 is 1.25 bits per heavy atom. The summed E-state index contributed by atoms with van der Waals surface area (Å²) in [6.07, 6.45) is 15.6. The Kier molecular flexibility index (Phi) is 8.52. The van der Waals surface area contributed by atoms with Crippen molar-refractivity contribution in [2.24, 2.45) is 11.3 Å². The van der Waals surface area contributed by atoms with Gasteiger partial charge in [0.15, 0.2) is 0 Å². The molecular formula is C19H37N. The lowest BCUT2D eigenvalue weighted by Gasteiger charge is -2.44. The summed E-state index contributed by atoms with van der Waals surface area (Å²) < 4.78 is 0. The summed E-state index contributed by atoms with van der Waals surface area (Å²) in [7, 11) is 0. The van der Waals surface area contributed by atoms with Crippen LogP contribution >= 0.6 is 0 Å². The summed E-state index contributed by atoms with van der Waals surface area (Å²) >= 11 is 0. The third kappa shape index (κ3) is 5.99. The number of hydrogen-bond acceptors (Lipinski definition) is 1. The Balaban J connectivity index is 2.46. The third-order valence-corrected chi connectivity index (χ3v) is 5.16. The minimum Gasteiger partial charge on any atom is -0.314 e. The SMILES string of the molecule is C=CCCCCCC(NCCC)C1CCCCC1(C)C. The van der Waals surface area contributed by atoms with E-state index in [-0.39, 0.29) is 0 Å². The van der Waals surface area contributed by atoms with Crippen molar-refractivity contribution in [3.8, 4) is 0 Å². The number of nitrogens with one attached hydrogen (secondary N) is 1. The average molecular weight is 280 g/mol. The molecule has 1 aliphatic rings. The van der Waals surface area contributed by atoms with E-state index in [1.165, 1.54) is 70.8 Å². The maximum Gasteiger partial charge on any atom is 0.0100 e. The summed E-state index contributed by atoms with van der Waals surface area (Å²) in [5.41, 5.74) is 0.533. The molecule has 0 aromatic carbocycles. The van der Waals surface area contributed by atoms with Gasteiger partial charge in [-0.25, -0.2) is 0 Å². The van der Waals surface area contributed by atoms with Crippen LogP contribution < -0.4 is 5.32 Å². The van der Waals surface area contributed by atoms with Gasteiger partial charge in [0.25, 0.3) is 0 Å². The monoisotopic (exact) mass is 279 g/mol. The minimum atomic E-state index is 0.533. The van der Waals surface area contributed by atoms with Gasteiger partial charge in [-0.2, -0.15) is 0 Å². The van der Waals surface area contributed by atoms with Crippen molar-refractivity contribution >= 4 is 0 Å². The highest BCUT2D eigenvalue weighted by molar-refractivity contribution is 4.90. The molecule has 1 nitrogen and oxygen atoms in total. The first-order valence-corrected chi connectivity index (χ1v) is 8.96. The highest BCUT2D eigenvalue weighted by Crippen LogP contribution is 2.43. The molecule has 1 rings (SSSR count). The van der Waals surface area contributed by atoms with Crippen molar-refractivity contribution in [3.63, 3.8) is 0 Å². The van der Waals surface area contributed by atoms with E-state index in [0.29, 0.717) is 5.41 Å². The van der Waals surface area contributed by atoms with E-state index in [1.807, 2.05) is 0 Å². The van der Waals surface area contributed by atoms with Crippen LogP contribution in [0.3, 0.4) is 0 Å². The van der Waals surface area contributed by atoms with E-state index in [0.717, 1.165) is 12.0 Å². The summed E-state index contributed by atoms with van der Waals surface area (Å²) in [6, 6.07) is 0.744. The van der Waals surface area contributed by atoms with Crippen LogP contribution in [0.2, 0.25) is 0 Å². The number of unbranched alkanes of at least 4 members (excludes halogenated alkanes) is 3. The lowest BCUT2D eigenvalue weighted by molar-refractivity contribution is 0.0935. The Labute approximate surface area is 127 Å². The fourth-order valence-corrected chi connectivity index (χ4v) is 3.87. The molecule has 0 amide bonds. The van der Waals surface area contributed by atoms with Crippen molar-refractivity contribution in [1.29, 1.82) is 0 Å². The molecule has 0 radical (unpaired) electrons. The summed E-state index contributed by atoms with van der Waals surface area (Å²) in [6.45, 7) is 12.3. The van der Waals surface area contributed by atoms with Crippen LogP contribution in [-0.4, -0.2) is 12.6 Å². The Bertz CT molecular complexity index is 256. The number of hydrogen-bond donors (Lipinski definition) is 1. The van der Waals surface area contributed by atoms with Gasteiger partial charge in [0.1, 0.15) is 0 Å². The number of allylic oxidation sites excluding steroid dienone is 1. The van der Waals surface area contributed by atoms with Gasteiger partial charge in [-0.1, -0.05) is 52.5 Å². The van der Waals surface area contributed by atoms with E-state index in [1.54, 1.807) is 0 Å². The second-order valence-electron chi connectivity index (χ2n) is 7.33. The van der Waals surface area contributed by atoms with Gasteiger partial charge in [-0.3, -0.25) is 0 Å². The zero-order chi connectivity index (χ0) is 14.8. The normalized spacial score (nSPS) is 23.4. The molecule has 118 valence electrons. The van der Waals surface area contributed by atoms with Crippen molar-refractivity contribution in [1.82, 2.24) is 5.32 Å². The molecule has 2 atom stereocenters. The molecule has 0 spiro atoms. The van der Waals surface area contributed by atoms with Gasteiger partial charge < -0.3 is 5.32 Å². The minimum absolute atomic E-state index is 0.533. The second-order valence-corrected chi connectivity index (χ2v) is 7.33. The highest BCUT2D eigenvalue weighted by atomic mass is 14.9. The van der Waals surface area contributed by atoms with Gasteiger partial charge in [0, 0.05) is 6.04 Å². The molecule has 1 aliphatic carbocycles. The molecule has 0 heterocycles. The van der Waals surface area contributed by atoms with Crippen molar-refractivity contribution in [2.45, 2.75) is 91.0 Å². The summed E-state index contributed by atoms with van der Waals surface area (Å²) in [5.74, 6) is 0.877. The fraction of sp³-hybridized carbons (Fsp3) is 0.895. The van der Waals surface area contributed by atoms with E-state index < -0.39 is 0 Å². The molecule has 1 N–H and O–H groups in total.